The van der Waals surface area contributed by atoms with Crippen LogP contribution in [0.5, 0.6) is 11.5 Å². The second-order valence-electron chi connectivity index (χ2n) is 4.80. The molecule has 0 aliphatic carbocycles. The molecule has 0 bridgehead atoms. The van der Waals surface area contributed by atoms with Gasteiger partial charge in [0.05, 0.1) is 0 Å². The summed E-state index contributed by atoms with van der Waals surface area (Å²) >= 11 is 0. The van der Waals surface area contributed by atoms with Crippen molar-refractivity contribution in [3.63, 3.8) is 0 Å². The highest BCUT2D eigenvalue weighted by molar-refractivity contribution is 5.76. The molecule has 0 amide bonds. The van der Waals surface area contributed by atoms with Crippen LogP contribution in [0.15, 0.2) is 54.6 Å². The van der Waals surface area contributed by atoms with Crippen molar-refractivity contribution >= 4 is 0 Å². The zero-order chi connectivity index (χ0) is 14.5. The Morgan fingerprint density at radius 3 is 2.35 bits per heavy atom. The minimum Gasteiger partial charge on any atom is -0.507 e. The first kappa shape index (κ1) is 14.2. The highest BCUT2D eigenvalue weighted by atomic mass is 16.3. The lowest BCUT2D eigenvalue weighted by atomic mass is 9.91. The lowest BCUT2D eigenvalue weighted by Crippen LogP contribution is -1.95. The molecule has 104 valence electrons. The van der Waals surface area contributed by atoms with Gasteiger partial charge in [0.1, 0.15) is 11.5 Å². The molecular weight excluding hydrogens is 248 g/mol. The number of para-hydroxylation sites is 2. The molecule has 1 unspecified atom stereocenters. The molecule has 1 atom stereocenters. The quantitative estimate of drug-likeness (QED) is 0.779. The second kappa shape index (κ2) is 6.29. The predicted octanol–water partition coefficient (Wildman–Crippen LogP) is 4.83. The van der Waals surface area contributed by atoms with Crippen LogP contribution in [0.4, 0.5) is 0 Å². The van der Waals surface area contributed by atoms with Crippen molar-refractivity contribution in [3.8, 4) is 22.6 Å². The molecule has 2 N–H and O–H groups in total. The van der Waals surface area contributed by atoms with Crippen molar-refractivity contribution in [3.05, 3.63) is 60.2 Å². The minimum absolute atomic E-state index is 0.180. The maximum absolute atomic E-state index is 10.5. The van der Waals surface area contributed by atoms with Crippen LogP contribution >= 0.6 is 0 Å². The average molecular weight is 268 g/mol. The van der Waals surface area contributed by atoms with Crippen LogP contribution in [0.3, 0.4) is 0 Å². The predicted molar refractivity (Wildman–Crippen MR) is 83.1 cm³/mol. The fourth-order valence-corrected chi connectivity index (χ4v) is 2.47. The number of benzene rings is 2. The van der Waals surface area contributed by atoms with E-state index in [1.807, 2.05) is 43.3 Å². The minimum atomic E-state index is 0.180. The number of aromatic hydroxyl groups is 2. The number of phenols is 2. The largest absolute Gasteiger partial charge is 0.507 e. The Hall–Kier alpha value is -2.22. The maximum Gasteiger partial charge on any atom is 0.127 e. The van der Waals surface area contributed by atoms with E-state index in [9.17, 15) is 10.2 Å². The van der Waals surface area contributed by atoms with Gasteiger partial charge < -0.3 is 10.2 Å². The van der Waals surface area contributed by atoms with Crippen LogP contribution in [-0.2, 0) is 0 Å². The van der Waals surface area contributed by atoms with Crippen LogP contribution in [0.2, 0.25) is 0 Å². The average Bonchev–Trinajstić information content (AvgIpc) is 2.46. The number of hydrogen-bond acceptors (Lipinski definition) is 2. The van der Waals surface area contributed by atoms with Gasteiger partial charge in [-0.1, -0.05) is 55.5 Å². The highest BCUT2D eigenvalue weighted by Gasteiger charge is 2.16. The van der Waals surface area contributed by atoms with Crippen LogP contribution in [0.1, 0.15) is 31.7 Å². The summed E-state index contributed by atoms with van der Waals surface area (Å²) in [6, 6.07) is 12.8. The van der Waals surface area contributed by atoms with Crippen molar-refractivity contribution in [1.29, 1.82) is 0 Å². The Kier molecular flexibility index (Phi) is 4.46. The molecule has 2 rings (SSSR count). The summed E-state index contributed by atoms with van der Waals surface area (Å²) in [6.45, 7) is 4.07. The third-order valence-corrected chi connectivity index (χ3v) is 3.53. The molecule has 2 aromatic rings. The van der Waals surface area contributed by atoms with Crippen LogP contribution < -0.4 is 0 Å². The Labute approximate surface area is 120 Å². The number of rotatable bonds is 4. The molecule has 0 aromatic heterocycles. The number of hydrogen-bond donors (Lipinski definition) is 2. The van der Waals surface area contributed by atoms with Gasteiger partial charge in [-0.3, -0.25) is 0 Å². The smallest absolute Gasteiger partial charge is 0.127 e. The monoisotopic (exact) mass is 268 g/mol. The lowest BCUT2D eigenvalue weighted by Gasteiger charge is -2.16. The van der Waals surface area contributed by atoms with Crippen molar-refractivity contribution in [1.82, 2.24) is 0 Å². The van der Waals surface area contributed by atoms with E-state index in [2.05, 4.69) is 13.0 Å². The zero-order valence-electron chi connectivity index (χ0n) is 11.9. The maximum atomic E-state index is 10.5. The molecule has 20 heavy (non-hydrogen) atoms. The van der Waals surface area contributed by atoms with E-state index >= 15 is 0 Å². The molecule has 2 aromatic carbocycles. The van der Waals surface area contributed by atoms with Crippen molar-refractivity contribution < 1.29 is 10.2 Å². The molecular formula is C18H20O2. The van der Waals surface area contributed by atoms with Gasteiger partial charge in [0.15, 0.2) is 0 Å². The second-order valence-corrected chi connectivity index (χ2v) is 4.80. The van der Waals surface area contributed by atoms with Crippen molar-refractivity contribution in [2.24, 2.45) is 0 Å². The van der Waals surface area contributed by atoms with Gasteiger partial charge in [0, 0.05) is 22.6 Å². The lowest BCUT2D eigenvalue weighted by molar-refractivity contribution is 0.462. The fourth-order valence-electron chi connectivity index (χ4n) is 2.47. The van der Waals surface area contributed by atoms with E-state index in [-0.39, 0.29) is 17.4 Å². The van der Waals surface area contributed by atoms with Gasteiger partial charge in [-0.15, -0.1) is 0 Å². The van der Waals surface area contributed by atoms with Gasteiger partial charge in [-0.05, 0) is 19.4 Å². The zero-order valence-corrected chi connectivity index (χ0v) is 11.9. The molecule has 0 saturated heterocycles. The Morgan fingerprint density at radius 1 is 1.00 bits per heavy atom. The topological polar surface area (TPSA) is 40.5 Å². The Morgan fingerprint density at radius 2 is 1.70 bits per heavy atom. The molecule has 0 heterocycles. The van der Waals surface area contributed by atoms with Gasteiger partial charge in [0.25, 0.3) is 0 Å². The normalized spacial score (nSPS) is 12.7. The van der Waals surface area contributed by atoms with Crippen LogP contribution in [0, 0.1) is 0 Å². The van der Waals surface area contributed by atoms with Gasteiger partial charge in [-0.2, -0.15) is 0 Å². The van der Waals surface area contributed by atoms with E-state index in [1.54, 1.807) is 12.1 Å². The summed E-state index contributed by atoms with van der Waals surface area (Å²) in [7, 11) is 0. The first-order chi connectivity index (χ1) is 9.69. The van der Waals surface area contributed by atoms with Crippen molar-refractivity contribution in [2.75, 3.05) is 0 Å². The van der Waals surface area contributed by atoms with Gasteiger partial charge in [0.2, 0.25) is 0 Å². The molecule has 2 nitrogen and oxygen atoms in total. The SMILES string of the molecule is C/C=C\C(CC)c1cccc(-c2ccccc2O)c1O. The molecule has 2 heteroatoms. The van der Waals surface area contributed by atoms with Crippen LogP contribution in [0.25, 0.3) is 11.1 Å². The molecule has 0 saturated carbocycles. The standard InChI is InChI=1S/C18H20O2/c1-3-8-13(4-2)14-10-7-11-16(18(14)20)15-9-5-6-12-17(15)19/h3,5-13,19-20H,4H2,1-2H3/b8-3-. The van der Waals surface area contributed by atoms with E-state index < -0.39 is 0 Å². The van der Waals surface area contributed by atoms with E-state index in [0.29, 0.717) is 11.1 Å². The summed E-state index contributed by atoms with van der Waals surface area (Å²) in [5, 5.41) is 20.5. The molecule has 0 aliphatic rings. The Balaban J connectivity index is 2.55. The molecule has 0 fully saturated rings. The number of allylic oxidation sites excluding steroid dienone is 2. The van der Waals surface area contributed by atoms with Crippen LogP contribution in [-0.4, -0.2) is 10.2 Å². The molecule has 0 radical (unpaired) electrons. The van der Waals surface area contributed by atoms with Gasteiger partial charge in [-0.25, -0.2) is 0 Å². The van der Waals surface area contributed by atoms with Gasteiger partial charge >= 0.3 is 0 Å². The first-order valence-corrected chi connectivity index (χ1v) is 6.92. The molecule has 0 aliphatic heterocycles. The summed E-state index contributed by atoms with van der Waals surface area (Å²) in [4.78, 5) is 0. The Bertz CT molecular complexity index is 615. The van der Waals surface area contributed by atoms with E-state index in [1.165, 1.54) is 0 Å². The summed E-state index contributed by atoms with van der Waals surface area (Å²) in [6.07, 6.45) is 5.01. The third kappa shape index (κ3) is 2.69. The summed E-state index contributed by atoms with van der Waals surface area (Å²) in [5.74, 6) is 0.615. The summed E-state index contributed by atoms with van der Waals surface area (Å²) < 4.78 is 0. The number of phenolic OH excluding ortho intramolecular Hbond substituents is 2. The fraction of sp³-hybridized carbons (Fsp3) is 0.222. The van der Waals surface area contributed by atoms with E-state index in [4.69, 9.17) is 0 Å². The van der Waals surface area contributed by atoms with E-state index in [0.717, 1.165) is 12.0 Å². The van der Waals surface area contributed by atoms with Crippen molar-refractivity contribution in [2.45, 2.75) is 26.2 Å². The first-order valence-electron chi connectivity index (χ1n) is 6.92. The summed E-state index contributed by atoms with van der Waals surface area (Å²) in [5.41, 5.74) is 2.22. The third-order valence-electron chi connectivity index (χ3n) is 3.53. The highest BCUT2D eigenvalue weighted by Crippen LogP contribution is 2.40. The molecule has 0 spiro atoms.